The summed E-state index contributed by atoms with van der Waals surface area (Å²) in [7, 11) is 1.38. The predicted octanol–water partition coefficient (Wildman–Crippen LogP) is 6.07. The van der Waals surface area contributed by atoms with Gasteiger partial charge >= 0.3 is 5.97 Å². The van der Waals surface area contributed by atoms with Gasteiger partial charge in [-0.2, -0.15) is 0 Å². The zero-order chi connectivity index (χ0) is 23.9. The number of esters is 1. The molecular weight excluding hydrogens is 449 g/mol. The van der Waals surface area contributed by atoms with Crippen molar-refractivity contribution in [1.29, 1.82) is 0 Å². The third-order valence-electron chi connectivity index (χ3n) is 5.07. The van der Waals surface area contributed by atoms with Gasteiger partial charge in [0.1, 0.15) is 0 Å². The first kappa shape index (κ1) is 28.0. The van der Waals surface area contributed by atoms with E-state index in [4.69, 9.17) is 23.2 Å². The molecule has 3 rings (SSSR count). The third-order valence-corrected chi connectivity index (χ3v) is 5.58. The van der Waals surface area contributed by atoms with Gasteiger partial charge in [0.2, 0.25) is 5.91 Å². The summed E-state index contributed by atoms with van der Waals surface area (Å²) in [5.74, 6) is -0.0119. The van der Waals surface area contributed by atoms with Gasteiger partial charge in [-0.1, -0.05) is 67.4 Å². The van der Waals surface area contributed by atoms with Crippen LogP contribution in [0.25, 0.3) is 0 Å². The largest absolute Gasteiger partial charge is 0.469 e. The number of likely N-dealkylation sites (tertiary alicyclic amines) is 1. The van der Waals surface area contributed by atoms with Crippen LogP contribution >= 0.6 is 23.2 Å². The number of benzene rings is 2. The number of carbonyl (C=O) groups is 2. The van der Waals surface area contributed by atoms with Crippen molar-refractivity contribution in [3.8, 4) is 0 Å². The molecule has 1 heterocycles. The molecule has 0 bridgehead atoms. The van der Waals surface area contributed by atoms with Gasteiger partial charge in [-0.25, -0.2) is 0 Å². The Hall–Kier alpha value is -2.08. The quantitative estimate of drug-likeness (QED) is 0.525. The molecule has 176 valence electrons. The van der Waals surface area contributed by atoms with Crippen molar-refractivity contribution >= 4 is 35.1 Å². The van der Waals surface area contributed by atoms with E-state index in [2.05, 4.69) is 4.74 Å². The maximum Gasteiger partial charge on any atom is 0.305 e. The summed E-state index contributed by atoms with van der Waals surface area (Å²) in [4.78, 5) is 24.0. The number of carbonyl (C=O) groups excluding carboxylic acids is 2. The van der Waals surface area contributed by atoms with E-state index in [0.717, 1.165) is 29.8 Å². The number of hydrogen-bond acceptors (Lipinski definition) is 4. The number of aliphatic hydroxyl groups excluding tert-OH is 1. The number of halogens is 2. The molecule has 0 saturated carbocycles. The standard InChI is InChI=1S/C15H20ClNO2.C6H5Cl.C4H8O2/c1-2-13(10-18)17-14(4-3-5-15(17)19)11-6-8-12(16)9-7-11;7-6-4-2-1-3-5-6;1-3-4(5)6-2/h6-9,13-14,18H,2-5,10H2,1H3;1-5H;3H2,1-2H3/t13-,14?;;/m0../s1. The highest BCUT2D eigenvalue weighted by Crippen LogP contribution is 2.34. The molecular formula is C25H33Cl2NO4. The van der Waals surface area contributed by atoms with E-state index in [1.807, 2.05) is 66.4 Å². The van der Waals surface area contributed by atoms with Crippen molar-refractivity contribution in [2.45, 2.75) is 58.0 Å². The minimum Gasteiger partial charge on any atom is -0.469 e. The van der Waals surface area contributed by atoms with E-state index >= 15 is 0 Å². The van der Waals surface area contributed by atoms with Crippen molar-refractivity contribution in [3.63, 3.8) is 0 Å². The Morgan fingerprint density at radius 2 is 1.69 bits per heavy atom. The van der Waals surface area contributed by atoms with Gasteiger partial charge in [0.15, 0.2) is 0 Å². The van der Waals surface area contributed by atoms with Crippen LogP contribution in [0.15, 0.2) is 54.6 Å². The lowest BCUT2D eigenvalue weighted by Crippen LogP contribution is -2.46. The van der Waals surface area contributed by atoms with Crippen molar-refractivity contribution in [3.05, 3.63) is 70.2 Å². The molecule has 1 amide bonds. The number of nitrogens with zero attached hydrogens (tertiary/aromatic N) is 1. The summed E-state index contributed by atoms with van der Waals surface area (Å²) in [6.45, 7) is 3.78. The molecule has 1 aliphatic rings. The predicted molar refractivity (Wildman–Crippen MR) is 130 cm³/mol. The molecule has 5 nitrogen and oxygen atoms in total. The maximum absolute atomic E-state index is 12.2. The van der Waals surface area contributed by atoms with E-state index in [-0.39, 0.29) is 30.6 Å². The highest BCUT2D eigenvalue weighted by atomic mass is 35.5. The Kier molecular flexibility index (Phi) is 13.7. The number of methoxy groups -OCH3 is 1. The molecule has 2 aromatic rings. The van der Waals surface area contributed by atoms with Crippen LogP contribution < -0.4 is 0 Å². The summed E-state index contributed by atoms with van der Waals surface area (Å²) in [5, 5.41) is 11.0. The first-order chi connectivity index (χ1) is 15.4. The second kappa shape index (κ2) is 15.7. The Morgan fingerprint density at radius 1 is 1.09 bits per heavy atom. The van der Waals surface area contributed by atoms with Crippen LogP contribution in [-0.4, -0.2) is 41.6 Å². The zero-order valence-electron chi connectivity index (χ0n) is 19.0. The summed E-state index contributed by atoms with van der Waals surface area (Å²) < 4.78 is 4.26. The van der Waals surface area contributed by atoms with Crippen LogP contribution in [-0.2, 0) is 14.3 Å². The molecule has 1 fully saturated rings. The molecule has 32 heavy (non-hydrogen) atoms. The van der Waals surface area contributed by atoms with Gasteiger partial charge in [-0.05, 0) is 49.1 Å². The van der Waals surface area contributed by atoms with Crippen molar-refractivity contribution in [2.24, 2.45) is 0 Å². The Labute approximate surface area is 201 Å². The van der Waals surface area contributed by atoms with Crippen molar-refractivity contribution in [1.82, 2.24) is 4.90 Å². The average Bonchev–Trinajstić information content (AvgIpc) is 2.82. The minimum absolute atomic E-state index is 0.0202. The van der Waals surface area contributed by atoms with E-state index in [0.29, 0.717) is 17.9 Å². The molecule has 0 radical (unpaired) electrons. The number of amides is 1. The fraction of sp³-hybridized carbons (Fsp3) is 0.440. The molecule has 7 heteroatoms. The Morgan fingerprint density at radius 3 is 2.09 bits per heavy atom. The lowest BCUT2D eigenvalue weighted by Gasteiger charge is -2.40. The summed E-state index contributed by atoms with van der Waals surface area (Å²) in [6, 6.07) is 17.1. The molecule has 1 unspecified atom stereocenters. The molecule has 2 aromatic carbocycles. The zero-order valence-corrected chi connectivity index (χ0v) is 20.5. The van der Waals surface area contributed by atoms with Gasteiger partial charge < -0.3 is 14.7 Å². The summed E-state index contributed by atoms with van der Waals surface area (Å²) in [5.41, 5.74) is 1.10. The highest BCUT2D eigenvalue weighted by Gasteiger charge is 2.33. The Balaban J connectivity index is 0.000000322. The first-order valence-corrected chi connectivity index (χ1v) is 11.6. The number of ether oxygens (including phenoxy) is 1. The van der Waals surface area contributed by atoms with E-state index < -0.39 is 0 Å². The first-order valence-electron chi connectivity index (χ1n) is 10.8. The van der Waals surface area contributed by atoms with Crippen LogP contribution in [0.3, 0.4) is 0 Å². The van der Waals surface area contributed by atoms with Crippen LogP contribution in [0.2, 0.25) is 10.0 Å². The number of aliphatic hydroxyl groups is 1. The van der Waals surface area contributed by atoms with Crippen LogP contribution in [0.1, 0.15) is 57.6 Å². The fourth-order valence-electron chi connectivity index (χ4n) is 3.33. The molecule has 0 aliphatic carbocycles. The SMILES string of the molecule is CCC(=O)OC.CC[C@@H](CO)N1C(=O)CCCC1c1ccc(Cl)cc1.Clc1ccccc1. The van der Waals surface area contributed by atoms with Crippen LogP contribution in [0.5, 0.6) is 0 Å². The fourth-order valence-corrected chi connectivity index (χ4v) is 3.60. The van der Waals surface area contributed by atoms with Gasteiger partial charge in [-0.3, -0.25) is 9.59 Å². The Bertz CT molecular complexity index is 789. The van der Waals surface area contributed by atoms with Crippen LogP contribution in [0.4, 0.5) is 0 Å². The normalized spacial score (nSPS) is 16.1. The lowest BCUT2D eigenvalue weighted by atomic mass is 9.92. The maximum atomic E-state index is 12.2. The second-order valence-electron chi connectivity index (χ2n) is 7.23. The van der Waals surface area contributed by atoms with Gasteiger partial charge in [0, 0.05) is 22.9 Å². The number of rotatable bonds is 5. The smallest absolute Gasteiger partial charge is 0.305 e. The van der Waals surface area contributed by atoms with Crippen molar-refractivity contribution < 1.29 is 19.4 Å². The van der Waals surface area contributed by atoms with Gasteiger partial charge in [0.25, 0.3) is 0 Å². The monoisotopic (exact) mass is 481 g/mol. The third kappa shape index (κ3) is 9.60. The molecule has 1 N–H and O–H groups in total. The van der Waals surface area contributed by atoms with Crippen LogP contribution in [0, 0.1) is 0 Å². The molecule has 1 saturated heterocycles. The lowest BCUT2D eigenvalue weighted by molar-refractivity contribution is -0.141. The topological polar surface area (TPSA) is 66.8 Å². The summed E-state index contributed by atoms with van der Waals surface area (Å²) >= 11 is 11.5. The summed E-state index contributed by atoms with van der Waals surface area (Å²) in [6.07, 6.45) is 3.68. The van der Waals surface area contributed by atoms with E-state index in [1.54, 1.807) is 6.92 Å². The van der Waals surface area contributed by atoms with Crippen molar-refractivity contribution in [2.75, 3.05) is 13.7 Å². The molecule has 1 aliphatic heterocycles. The second-order valence-corrected chi connectivity index (χ2v) is 8.10. The highest BCUT2D eigenvalue weighted by molar-refractivity contribution is 6.30. The average molecular weight is 482 g/mol. The van der Waals surface area contributed by atoms with E-state index in [1.165, 1.54) is 7.11 Å². The van der Waals surface area contributed by atoms with Gasteiger partial charge in [0.05, 0.1) is 25.8 Å². The molecule has 0 aromatic heterocycles. The minimum atomic E-state index is -0.157. The van der Waals surface area contributed by atoms with E-state index in [9.17, 15) is 14.7 Å². The van der Waals surface area contributed by atoms with Gasteiger partial charge in [-0.15, -0.1) is 0 Å². The molecule has 0 spiro atoms. The molecule has 2 atom stereocenters. The number of hydrogen-bond donors (Lipinski definition) is 1. The number of piperidine rings is 1.